The van der Waals surface area contributed by atoms with Crippen LogP contribution in [0.3, 0.4) is 0 Å². The van der Waals surface area contributed by atoms with Crippen LogP contribution in [0.25, 0.3) is 0 Å². The second-order valence-corrected chi connectivity index (χ2v) is 5.63. The Morgan fingerprint density at radius 3 is 2.94 bits per heavy atom. The maximum atomic E-state index is 5.38. The third-order valence-electron chi connectivity index (χ3n) is 3.10. The standard InChI is InChI=1S/C13H23N3O2/c1-10(2)6-13-14-12(15-18-13)8-16(3)7-11-4-5-17-9-11/h10-11H,4-9H2,1-3H3/t11-/m0/s1. The van der Waals surface area contributed by atoms with E-state index >= 15 is 0 Å². The van der Waals surface area contributed by atoms with E-state index < -0.39 is 0 Å². The third kappa shape index (κ3) is 4.07. The van der Waals surface area contributed by atoms with Crippen LogP contribution in [0.15, 0.2) is 4.52 Å². The molecule has 0 spiro atoms. The van der Waals surface area contributed by atoms with E-state index in [0.29, 0.717) is 11.8 Å². The third-order valence-corrected chi connectivity index (χ3v) is 3.10. The Bertz CT molecular complexity index is 359. The summed E-state index contributed by atoms with van der Waals surface area (Å²) in [5, 5.41) is 4.02. The summed E-state index contributed by atoms with van der Waals surface area (Å²) in [6, 6.07) is 0. The number of rotatable bonds is 6. The molecule has 5 nitrogen and oxygen atoms in total. The van der Waals surface area contributed by atoms with Gasteiger partial charge < -0.3 is 9.26 Å². The predicted molar refractivity (Wildman–Crippen MR) is 68.1 cm³/mol. The van der Waals surface area contributed by atoms with Crippen LogP contribution in [-0.2, 0) is 17.7 Å². The summed E-state index contributed by atoms with van der Waals surface area (Å²) in [5.41, 5.74) is 0. The van der Waals surface area contributed by atoms with Crippen molar-refractivity contribution in [3.05, 3.63) is 11.7 Å². The summed E-state index contributed by atoms with van der Waals surface area (Å²) in [6.07, 6.45) is 2.02. The fraction of sp³-hybridized carbons (Fsp3) is 0.846. The fourth-order valence-corrected chi connectivity index (χ4v) is 2.26. The molecule has 0 radical (unpaired) electrons. The van der Waals surface area contributed by atoms with Gasteiger partial charge in [-0.3, -0.25) is 4.90 Å². The van der Waals surface area contributed by atoms with Crippen LogP contribution in [0.2, 0.25) is 0 Å². The van der Waals surface area contributed by atoms with Gasteiger partial charge in [0.2, 0.25) is 5.89 Å². The molecule has 1 fully saturated rings. The second-order valence-electron chi connectivity index (χ2n) is 5.63. The molecule has 0 unspecified atom stereocenters. The first kappa shape index (κ1) is 13.5. The summed E-state index contributed by atoms with van der Waals surface area (Å²) in [5.74, 6) is 2.73. The first-order valence-corrected chi connectivity index (χ1v) is 6.71. The van der Waals surface area contributed by atoms with Gasteiger partial charge in [0.1, 0.15) is 0 Å². The van der Waals surface area contributed by atoms with Gasteiger partial charge in [0.05, 0.1) is 13.2 Å². The maximum Gasteiger partial charge on any atom is 0.226 e. The van der Waals surface area contributed by atoms with Crippen molar-refractivity contribution in [1.82, 2.24) is 15.0 Å². The highest BCUT2D eigenvalue weighted by Gasteiger charge is 2.18. The van der Waals surface area contributed by atoms with E-state index in [4.69, 9.17) is 9.26 Å². The van der Waals surface area contributed by atoms with Crippen molar-refractivity contribution >= 4 is 0 Å². The summed E-state index contributed by atoms with van der Waals surface area (Å²) in [7, 11) is 2.09. The number of aromatic nitrogens is 2. The summed E-state index contributed by atoms with van der Waals surface area (Å²) in [6.45, 7) is 7.87. The zero-order valence-corrected chi connectivity index (χ0v) is 11.6. The van der Waals surface area contributed by atoms with Crippen molar-refractivity contribution in [1.29, 1.82) is 0 Å². The molecule has 0 saturated carbocycles. The maximum absolute atomic E-state index is 5.38. The summed E-state index contributed by atoms with van der Waals surface area (Å²) < 4.78 is 10.6. The minimum absolute atomic E-state index is 0.548. The average Bonchev–Trinajstić information content (AvgIpc) is 2.89. The van der Waals surface area contributed by atoms with Crippen LogP contribution in [0, 0.1) is 11.8 Å². The van der Waals surface area contributed by atoms with E-state index in [1.54, 1.807) is 0 Å². The van der Waals surface area contributed by atoms with Crippen molar-refractivity contribution in [3.8, 4) is 0 Å². The topological polar surface area (TPSA) is 51.4 Å². The normalized spacial score (nSPS) is 20.2. The van der Waals surface area contributed by atoms with E-state index in [1.165, 1.54) is 0 Å². The van der Waals surface area contributed by atoms with Crippen LogP contribution in [0.5, 0.6) is 0 Å². The number of nitrogens with zero attached hydrogens (tertiary/aromatic N) is 3. The largest absolute Gasteiger partial charge is 0.381 e. The molecule has 1 atom stereocenters. The quantitative estimate of drug-likeness (QED) is 0.773. The highest BCUT2D eigenvalue weighted by atomic mass is 16.5. The Kier molecular flexibility index (Phi) is 4.72. The first-order valence-electron chi connectivity index (χ1n) is 6.71. The van der Waals surface area contributed by atoms with Gasteiger partial charge in [0.25, 0.3) is 0 Å². The zero-order chi connectivity index (χ0) is 13.0. The van der Waals surface area contributed by atoms with Gasteiger partial charge in [-0.25, -0.2) is 0 Å². The van der Waals surface area contributed by atoms with E-state index in [2.05, 4.69) is 35.9 Å². The van der Waals surface area contributed by atoms with Crippen LogP contribution < -0.4 is 0 Å². The van der Waals surface area contributed by atoms with Crippen LogP contribution in [0.4, 0.5) is 0 Å². The molecule has 0 amide bonds. The van der Waals surface area contributed by atoms with Gasteiger partial charge in [-0.2, -0.15) is 4.98 Å². The van der Waals surface area contributed by atoms with Gasteiger partial charge in [-0.05, 0) is 25.3 Å². The summed E-state index contributed by atoms with van der Waals surface area (Å²) >= 11 is 0. The van der Waals surface area contributed by atoms with E-state index in [9.17, 15) is 0 Å². The van der Waals surface area contributed by atoms with Crippen molar-refractivity contribution in [2.75, 3.05) is 26.8 Å². The Morgan fingerprint density at radius 1 is 1.44 bits per heavy atom. The molecule has 1 aliphatic rings. The molecule has 18 heavy (non-hydrogen) atoms. The van der Waals surface area contributed by atoms with Gasteiger partial charge in [0, 0.05) is 19.6 Å². The monoisotopic (exact) mass is 253 g/mol. The molecule has 1 aromatic rings. The number of hydrogen-bond donors (Lipinski definition) is 0. The Balaban J connectivity index is 1.79. The molecule has 102 valence electrons. The minimum Gasteiger partial charge on any atom is -0.381 e. The molecule has 0 N–H and O–H groups in total. The Hall–Kier alpha value is -0.940. The highest BCUT2D eigenvalue weighted by Crippen LogP contribution is 2.14. The first-order chi connectivity index (χ1) is 8.63. The Morgan fingerprint density at radius 2 is 2.28 bits per heavy atom. The van der Waals surface area contributed by atoms with Crippen molar-refractivity contribution < 1.29 is 9.26 Å². The molecule has 2 rings (SSSR count). The lowest BCUT2D eigenvalue weighted by atomic mass is 10.1. The van der Waals surface area contributed by atoms with Crippen molar-refractivity contribution in [2.24, 2.45) is 11.8 Å². The van der Waals surface area contributed by atoms with Crippen LogP contribution >= 0.6 is 0 Å². The fourth-order valence-electron chi connectivity index (χ4n) is 2.26. The van der Waals surface area contributed by atoms with Crippen LogP contribution in [0.1, 0.15) is 32.0 Å². The van der Waals surface area contributed by atoms with E-state index in [0.717, 1.165) is 50.9 Å². The number of ether oxygens (including phenoxy) is 1. The molecule has 0 aromatic carbocycles. The van der Waals surface area contributed by atoms with Gasteiger partial charge in [-0.15, -0.1) is 0 Å². The van der Waals surface area contributed by atoms with Gasteiger partial charge in [-0.1, -0.05) is 19.0 Å². The van der Waals surface area contributed by atoms with E-state index in [-0.39, 0.29) is 0 Å². The Labute approximate surface area is 108 Å². The van der Waals surface area contributed by atoms with Crippen molar-refractivity contribution in [2.45, 2.75) is 33.2 Å². The predicted octanol–water partition coefficient (Wildman–Crippen LogP) is 1.74. The molecule has 2 heterocycles. The number of hydrogen-bond acceptors (Lipinski definition) is 5. The molecule has 1 aliphatic heterocycles. The SMILES string of the molecule is CC(C)Cc1nc(CN(C)C[C@@H]2CCOC2)no1. The molecule has 5 heteroatoms. The van der Waals surface area contributed by atoms with Crippen molar-refractivity contribution in [3.63, 3.8) is 0 Å². The lowest BCUT2D eigenvalue weighted by Crippen LogP contribution is -2.26. The minimum atomic E-state index is 0.548. The molecule has 0 aliphatic carbocycles. The summed E-state index contributed by atoms with van der Waals surface area (Å²) in [4.78, 5) is 6.65. The van der Waals surface area contributed by atoms with Crippen LogP contribution in [-0.4, -0.2) is 41.8 Å². The molecular formula is C13H23N3O2. The molecule has 1 saturated heterocycles. The highest BCUT2D eigenvalue weighted by molar-refractivity contribution is 4.87. The molecule has 1 aromatic heterocycles. The smallest absolute Gasteiger partial charge is 0.226 e. The second kappa shape index (κ2) is 6.29. The van der Waals surface area contributed by atoms with Gasteiger partial charge >= 0.3 is 0 Å². The van der Waals surface area contributed by atoms with E-state index in [1.807, 2.05) is 0 Å². The zero-order valence-electron chi connectivity index (χ0n) is 11.6. The molecule has 0 bridgehead atoms. The lowest BCUT2D eigenvalue weighted by Gasteiger charge is -2.17. The molecular weight excluding hydrogens is 230 g/mol. The average molecular weight is 253 g/mol. The lowest BCUT2D eigenvalue weighted by molar-refractivity contribution is 0.172. The van der Waals surface area contributed by atoms with Gasteiger partial charge in [0.15, 0.2) is 5.82 Å².